The van der Waals surface area contributed by atoms with Crippen molar-refractivity contribution in [2.45, 2.75) is 45.6 Å². The molecule has 0 saturated carbocycles. The van der Waals surface area contributed by atoms with Crippen LogP contribution in [-0.4, -0.2) is 18.0 Å². The van der Waals surface area contributed by atoms with Crippen LogP contribution in [0.1, 0.15) is 39.2 Å². The summed E-state index contributed by atoms with van der Waals surface area (Å²) in [7, 11) is 0. The van der Waals surface area contributed by atoms with Crippen molar-refractivity contribution in [3.05, 3.63) is 35.4 Å². The third-order valence-corrected chi connectivity index (χ3v) is 3.47. The number of halogens is 2. The van der Waals surface area contributed by atoms with Crippen LogP contribution in [0.15, 0.2) is 18.2 Å². The molecule has 1 aromatic rings. The molecule has 2 nitrogen and oxygen atoms in total. The van der Waals surface area contributed by atoms with Crippen LogP contribution < -0.4 is 0 Å². The Bertz CT molecular complexity index is 420. The average Bonchev–Trinajstić information content (AvgIpc) is 2.40. The maximum atomic E-state index is 13.6. The second-order valence-electron chi connectivity index (χ2n) is 4.43. The van der Waals surface area contributed by atoms with E-state index in [2.05, 4.69) is 0 Å². The van der Waals surface area contributed by atoms with Gasteiger partial charge in [-0.05, 0) is 31.9 Å². The number of hydrogen-bond acceptors (Lipinski definition) is 2. The van der Waals surface area contributed by atoms with E-state index in [1.165, 1.54) is 6.07 Å². The molecule has 0 atom stereocenters. The Morgan fingerprint density at radius 3 is 2.11 bits per heavy atom. The van der Waals surface area contributed by atoms with E-state index in [0.29, 0.717) is 19.4 Å². The van der Waals surface area contributed by atoms with Gasteiger partial charge in [0.2, 0.25) is 0 Å². The van der Waals surface area contributed by atoms with E-state index in [0.717, 1.165) is 12.1 Å². The Hall–Kier alpha value is -1.29. The summed E-state index contributed by atoms with van der Waals surface area (Å²) in [5.74, 6) is -1.65. The number of rotatable bonds is 7. The zero-order valence-electron chi connectivity index (χ0n) is 11.6. The zero-order chi connectivity index (χ0) is 14.5. The molecular formula is C15H20F2O2. The molecule has 0 saturated heterocycles. The van der Waals surface area contributed by atoms with Gasteiger partial charge in [0.25, 0.3) is 0 Å². The van der Waals surface area contributed by atoms with Gasteiger partial charge >= 0.3 is 0 Å². The predicted octanol–water partition coefficient (Wildman–Crippen LogP) is 3.67. The van der Waals surface area contributed by atoms with E-state index in [1.807, 2.05) is 13.8 Å². The molecule has 0 bridgehead atoms. The van der Waals surface area contributed by atoms with Crippen LogP contribution in [0.5, 0.6) is 0 Å². The van der Waals surface area contributed by atoms with E-state index in [9.17, 15) is 13.6 Å². The van der Waals surface area contributed by atoms with Crippen LogP contribution in [0.4, 0.5) is 8.78 Å². The predicted molar refractivity (Wildman–Crippen MR) is 70.0 cm³/mol. The van der Waals surface area contributed by atoms with Crippen molar-refractivity contribution in [2.75, 3.05) is 6.61 Å². The van der Waals surface area contributed by atoms with E-state index in [4.69, 9.17) is 4.74 Å². The van der Waals surface area contributed by atoms with Crippen LogP contribution in [0, 0.1) is 11.6 Å². The summed E-state index contributed by atoms with van der Waals surface area (Å²) in [5.41, 5.74) is -1.12. The SMILES string of the molecule is CCOC(CC)(CC)C(=O)Cc1c(F)cccc1F. The fourth-order valence-corrected chi connectivity index (χ4v) is 2.23. The standard InChI is InChI=1S/C15H20F2O2/c1-4-15(5-2,19-6-3)14(18)10-11-12(16)8-7-9-13(11)17/h7-9H,4-6,10H2,1-3H3. The maximum Gasteiger partial charge on any atom is 0.169 e. The summed E-state index contributed by atoms with van der Waals surface area (Å²) < 4.78 is 32.7. The van der Waals surface area contributed by atoms with Crippen molar-refractivity contribution in [3.63, 3.8) is 0 Å². The topological polar surface area (TPSA) is 26.3 Å². The van der Waals surface area contributed by atoms with Crippen molar-refractivity contribution in [1.29, 1.82) is 0 Å². The van der Waals surface area contributed by atoms with Crippen molar-refractivity contribution in [2.24, 2.45) is 0 Å². The van der Waals surface area contributed by atoms with Gasteiger partial charge < -0.3 is 4.74 Å². The fraction of sp³-hybridized carbons (Fsp3) is 0.533. The first kappa shape index (κ1) is 15.8. The molecule has 0 aliphatic rings. The number of Topliss-reactive ketones (excluding diaryl/α,β-unsaturated/α-hetero) is 1. The van der Waals surface area contributed by atoms with Gasteiger partial charge in [0, 0.05) is 18.6 Å². The van der Waals surface area contributed by atoms with Gasteiger partial charge in [0.05, 0.1) is 0 Å². The Balaban J connectivity index is 3.00. The Morgan fingerprint density at radius 2 is 1.68 bits per heavy atom. The average molecular weight is 270 g/mol. The molecule has 1 aromatic carbocycles. The molecule has 106 valence electrons. The molecule has 0 radical (unpaired) electrons. The molecule has 4 heteroatoms. The van der Waals surface area contributed by atoms with Crippen molar-refractivity contribution in [3.8, 4) is 0 Å². The molecular weight excluding hydrogens is 250 g/mol. The molecule has 0 heterocycles. The van der Waals surface area contributed by atoms with Crippen LogP contribution in [0.25, 0.3) is 0 Å². The summed E-state index contributed by atoms with van der Waals surface area (Å²) in [6, 6.07) is 3.60. The Morgan fingerprint density at radius 1 is 1.16 bits per heavy atom. The van der Waals surface area contributed by atoms with Gasteiger partial charge in [-0.3, -0.25) is 4.79 Å². The van der Waals surface area contributed by atoms with E-state index < -0.39 is 17.2 Å². The van der Waals surface area contributed by atoms with Gasteiger partial charge in [-0.1, -0.05) is 19.9 Å². The number of benzene rings is 1. The number of carbonyl (C=O) groups is 1. The summed E-state index contributed by atoms with van der Waals surface area (Å²) in [6.45, 7) is 5.88. The molecule has 0 aromatic heterocycles. The molecule has 0 fully saturated rings. The largest absolute Gasteiger partial charge is 0.368 e. The Kier molecular flexibility index (Phi) is 5.60. The first-order valence-corrected chi connectivity index (χ1v) is 6.60. The number of ether oxygens (including phenoxy) is 1. The van der Waals surface area contributed by atoms with Crippen LogP contribution >= 0.6 is 0 Å². The lowest BCUT2D eigenvalue weighted by Gasteiger charge is -2.30. The molecule has 0 aliphatic carbocycles. The minimum atomic E-state index is -0.941. The lowest BCUT2D eigenvalue weighted by atomic mass is 9.88. The second-order valence-corrected chi connectivity index (χ2v) is 4.43. The molecule has 0 spiro atoms. The van der Waals surface area contributed by atoms with Gasteiger partial charge in [0.15, 0.2) is 5.78 Å². The number of ketones is 1. The van der Waals surface area contributed by atoms with Crippen molar-refractivity contribution in [1.82, 2.24) is 0 Å². The summed E-state index contributed by atoms with van der Waals surface area (Å²) >= 11 is 0. The minimum absolute atomic E-state index is 0.182. The third-order valence-electron chi connectivity index (χ3n) is 3.47. The van der Waals surface area contributed by atoms with Gasteiger partial charge in [-0.2, -0.15) is 0 Å². The third kappa shape index (κ3) is 3.38. The maximum absolute atomic E-state index is 13.6. The fourth-order valence-electron chi connectivity index (χ4n) is 2.23. The highest BCUT2D eigenvalue weighted by Crippen LogP contribution is 2.25. The monoisotopic (exact) mass is 270 g/mol. The van der Waals surface area contributed by atoms with E-state index in [1.54, 1.807) is 6.92 Å². The number of hydrogen-bond donors (Lipinski definition) is 0. The summed E-state index contributed by atoms with van der Waals surface area (Å²) in [6.07, 6.45) is 0.707. The summed E-state index contributed by atoms with van der Waals surface area (Å²) in [4.78, 5) is 12.3. The van der Waals surface area contributed by atoms with Crippen molar-refractivity contribution < 1.29 is 18.3 Å². The molecule has 1 rings (SSSR count). The highest BCUT2D eigenvalue weighted by atomic mass is 19.1. The van der Waals surface area contributed by atoms with E-state index in [-0.39, 0.29) is 17.8 Å². The minimum Gasteiger partial charge on any atom is -0.368 e. The normalized spacial score (nSPS) is 11.6. The second kappa shape index (κ2) is 6.75. The zero-order valence-corrected chi connectivity index (χ0v) is 11.6. The van der Waals surface area contributed by atoms with Crippen molar-refractivity contribution >= 4 is 5.78 Å². The highest BCUT2D eigenvalue weighted by molar-refractivity contribution is 5.89. The van der Waals surface area contributed by atoms with Crippen LogP contribution in [-0.2, 0) is 16.0 Å². The number of carbonyl (C=O) groups excluding carboxylic acids is 1. The first-order valence-electron chi connectivity index (χ1n) is 6.60. The molecule has 0 unspecified atom stereocenters. The van der Waals surface area contributed by atoms with Crippen LogP contribution in [0.2, 0.25) is 0 Å². The molecule has 19 heavy (non-hydrogen) atoms. The molecule has 0 aliphatic heterocycles. The van der Waals surface area contributed by atoms with Gasteiger partial charge in [-0.25, -0.2) is 8.78 Å². The van der Waals surface area contributed by atoms with Gasteiger partial charge in [0.1, 0.15) is 17.2 Å². The lowest BCUT2D eigenvalue weighted by Crippen LogP contribution is -2.41. The van der Waals surface area contributed by atoms with E-state index >= 15 is 0 Å². The smallest absolute Gasteiger partial charge is 0.169 e. The van der Waals surface area contributed by atoms with Crippen LogP contribution in [0.3, 0.4) is 0 Å². The van der Waals surface area contributed by atoms with Gasteiger partial charge in [-0.15, -0.1) is 0 Å². The molecule has 0 amide bonds. The first-order chi connectivity index (χ1) is 9.00. The Labute approximate surface area is 112 Å². The molecule has 0 N–H and O–H groups in total. The summed E-state index contributed by atoms with van der Waals surface area (Å²) in [5, 5.41) is 0. The lowest BCUT2D eigenvalue weighted by molar-refractivity contribution is -0.144. The highest BCUT2D eigenvalue weighted by Gasteiger charge is 2.35. The quantitative estimate of drug-likeness (QED) is 0.755.